The van der Waals surface area contributed by atoms with Crippen LogP contribution in [0.2, 0.25) is 0 Å². The molecule has 1 aromatic carbocycles. The zero-order valence-corrected chi connectivity index (χ0v) is 20.7. The van der Waals surface area contributed by atoms with Crippen molar-refractivity contribution < 1.29 is 4.79 Å². The first-order chi connectivity index (χ1) is 14.2. The van der Waals surface area contributed by atoms with Crippen LogP contribution in [0, 0.1) is 12.8 Å². The first-order valence-corrected chi connectivity index (χ1v) is 12.0. The molecule has 0 spiro atoms. The Labute approximate surface area is 201 Å². The first-order valence-electron chi connectivity index (χ1n) is 12.0. The monoisotopic (exact) mass is 469 g/mol. The van der Waals surface area contributed by atoms with Gasteiger partial charge in [0, 0.05) is 19.1 Å². The summed E-state index contributed by atoms with van der Waals surface area (Å²) >= 11 is 0. The van der Waals surface area contributed by atoms with Gasteiger partial charge in [-0.3, -0.25) is 4.79 Å². The lowest BCUT2D eigenvalue weighted by atomic mass is 9.94. The zero-order chi connectivity index (χ0) is 20.1. The predicted octanol–water partition coefficient (Wildman–Crippen LogP) is 4.62. The Kier molecular flexibility index (Phi) is 11.1. The second-order valence-corrected chi connectivity index (χ2v) is 9.54. The highest BCUT2D eigenvalue weighted by Crippen LogP contribution is 2.28. The quantitative estimate of drug-likeness (QED) is 0.632. The van der Waals surface area contributed by atoms with Gasteiger partial charge >= 0.3 is 0 Å². The summed E-state index contributed by atoms with van der Waals surface area (Å²) in [5.41, 5.74) is 2.89. The molecule has 1 atom stereocenters. The summed E-state index contributed by atoms with van der Waals surface area (Å²) in [6.45, 7) is 7.75. The first kappa shape index (κ1) is 26.4. The summed E-state index contributed by atoms with van der Waals surface area (Å²) in [7, 11) is 0. The maximum absolute atomic E-state index is 13.2. The minimum Gasteiger partial charge on any atom is -0.338 e. The maximum Gasteiger partial charge on any atom is 0.239 e. The predicted molar refractivity (Wildman–Crippen MR) is 134 cm³/mol. The average molecular weight is 471 g/mol. The molecule has 176 valence electrons. The average Bonchev–Trinajstić information content (AvgIpc) is 3.46. The molecule has 6 heteroatoms. The number of piperidine rings is 1. The van der Waals surface area contributed by atoms with E-state index in [0.29, 0.717) is 17.9 Å². The highest BCUT2D eigenvalue weighted by molar-refractivity contribution is 5.85. The van der Waals surface area contributed by atoms with Crippen LogP contribution in [0.5, 0.6) is 0 Å². The molecule has 3 fully saturated rings. The Morgan fingerprint density at radius 1 is 1.03 bits per heavy atom. The van der Waals surface area contributed by atoms with E-state index in [-0.39, 0.29) is 30.9 Å². The van der Waals surface area contributed by atoms with Gasteiger partial charge in [-0.15, -0.1) is 24.8 Å². The second-order valence-electron chi connectivity index (χ2n) is 9.54. The molecule has 2 aliphatic heterocycles. The Bertz CT molecular complexity index is 666. The Morgan fingerprint density at radius 2 is 1.74 bits per heavy atom. The van der Waals surface area contributed by atoms with Crippen molar-refractivity contribution in [2.24, 2.45) is 5.92 Å². The fourth-order valence-electron chi connectivity index (χ4n) is 5.57. The van der Waals surface area contributed by atoms with E-state index in [2.05, 4.69) is 46.3 Å². The van der Waals surface area contributed by atoms with E-state index < -0.39 is 0 Å². The number of halogens is 2. The fourth-order valence-corrected chi connectivity index (χ4v) is 5.57. The third-order valence-corrected chi connectivity index (χ3v) is 7.53. The summed E-state index contributed by atoms with van der Waals surface area (Å²) in [5, 5.41) is 3.44. The lowest BCUT2D eigenvalue weighted by Crippen LogP contribution is -2.50. The molecule has 31 heavy (non-hydrogen) atoms. The molecule has 4 rings (SSSR count). The molecule has 1 unspecified atom stereocenters. The smallest absolute Gasteiger partial charge is 0.239 e. The molecular weight excluding hydrogens is 429 g/mol. The molecule has 1 N–H and O–H groups in total. The van der Waals surface area contributed by atoms with Crippen LogP contribution in [0.15, 0.2) is 24.3 Å². The van der Waals surface area contributed by atoms with Crippen molar-refractivity contribution in [1.29, 1.82) is 0 Å². The number of nitrogens with one attached hydrogen (secondary N) is 1. The second kappa shape index (κ2) is 13.0. The van der Waals surface area contributed by atoms with E-state index >= 15 is 0 Å². The Morgan fingerprint density at radius 3 is 2.39 bits per heavy atom. The van der Waals surface area contributed by atoms with Crippen molar-refractivity contribution in [2.45, 2.75) is 76.8 Å². The van der Waals surface area contributed by atoms with Gasteiger partial charge in [0.1, 0.15) is 0 Å². The van der Waals surface area contributed by atoms with E-state index in [4.69, 9.17) is 0 Å². The Balaban J connectivity index is 0.00000171. The third-order valence-electron chi connectivity index (χ3n) is 7.53. The summed E-state index contributed by atoms with van der Waals surface area (Å²) in [5.74, 6) is 1.08. The van der Waals surface area contributed by atoms with Crippen LogP contribution in [-0.4, -0.2) is 60.5 Å². The lowest BCUT2D eigenvalue weighted by molar-refractivity contribution is -0.136. The van der Waals surface area contributed by atoms with E-state index in [1.807, 2.05) is 0 Å². The van der Waals surface area contributed by atoms with Crippen LogP contribution in [0.3, 0.4) is 0 Å². The summed E-state index contributed by atoms with van der Waals surface area (Å²) in [6.07, 6.45) is 10.8. The zero-order valence-electron chi connectivity index (χ0n) is 19.1. The maximum atomic E-state index is 13.2. The minimum absolute atomic E-state index is 0. The molecular formula is C25H41Cl2N3O. The van der Waals surface area contributed by atoms with Crippen molar-refractivity contribution in [3.8, 4) is 0 Å². The van der Waals surface area contributed by atoms with Crippen LogP contribution >= 0.6 is 24.8 Å². The number of rotatable bonds is 7. The molecule has 2 heterocycles. The molecule has 1 aliphatic carbocycles. The molecule has 1 aromatic rings. The third kappa shape index (κ3) is 7.08. The van der Waals surface area contributed by atoms with E-state index in [1.54, 1.807) is 0 Å². The fraction of sp³-hybridized carbons (Fsp3) is 0.720. The van der Waals surface area contributed by atoms with Gasteiger partial charge in [-0.1, -0.05) is 37.1 Å². The molecule has 0 bridgehead atoms. The number of hydrogen-bond acceptors (Lipinski definition) is 3. The van der Waals surface area contributed by atoms with Crippen LogP contribution in [-0.2, 0) is 11.2 Å². The number of carbonyl (C=O) groups is 1. The van der Waals surface area contributed by atoms with Crippen molar-refractivity contribution in [1.82, 2.24) is 15.1 Å². The highest BCUT2D eigenvalue weighted by atomic mass is 35.5. The van der Waals surface area contributed by atoms with Crippen LogP contribution in [0.4, 0.5) is 0 Å². The topological polar surface area (TPSA) is 35.6 Å². The SMILES string of the molecule is Cc1ccccc1CCN1CCC(CN(C(=O)C2CCCN2)C2CCCC2)CC1.Cl.Cl. The van der Waals surface area contributed by atoms with E-state index in [9.17, 15) is 4.79 Å². The summed E-state index contributed by atoms with van der Waals surface area (Å²) in [4.78, 5) is 18.2. The molecule has 1 saturated carbocycles. The summed E-state index contributed by atoms with van der Waals surface area (Å²) in [6, 6.07) is 9.36. The van der Waals surface area contributed by atoms with Crippen molar-refractivity contribution in [2.75, 3.05) is 32.7 Å². The number of carbonyl (C=O) groups excluding carboxylic acids is 1. The number of nitrogens with zero attached hydrogens (tertiary/aromatic N) is 2. The van der Waals surface area contributed by atoms with Gasteiger partial charge < -0.3 is 15.1 Å². The van der Waals surface area contributed by atoms with Gasteiger partial charge in [-0.05, 0) is 88.5 Å². The van der Waals surface area contributed by atoms with Crippen LogP contribution < -0.4 is 5.32 Å². The molecule has 0 radical (unpaired) electrons. The lowest BCUT2D eigenvalue weighted by Gasteiger charge is -2.38. The standard InChI is InChI=1S/C25H39N3O.2ClH/c1-20-7-2-3-8-22(20)14-18-27-16-12-21(13-17-27)19-28(23-9-4-5-10-23)25(29)24-11-6-15-26-24;;/h2-3,7-8,21,23-24,26H,4-6,9-19H2,1H3;2*1H. The van der Waals surface area contributed by atoms with Crippen LogP contribution in [0.1, 0.15) is 62.5 Å². The van der Waals surface area contributed by atoms with Gasteiger partial charge in [-0.2, -0.15) is 0 Å². The molecule has 0 aromatic heterocycles. The van der Waals surface area contributed by atoms with Gasteiger partial charge in [0.15, 0.2) is 0 Å². The van der Waals surface area contributed by atoms with E-state index in [1.165, 1.54) is 62.7 Å². The van der Waals surface area contributed by atoms with Crippen molar-refractivity contribution in [3.63, 3.8) is 0 Å². The number of benzene rings is 1. The van der Waals surface area contributed by atoms with Gasteiger partial charge in [0.2, 0.25) is 5.91 Å². The van der Waals surface area contributed by atoms with Gasteiger partial charge in [-0.25, -0.2) is 0 Å². The highest BCUT2D eigenvalue weighted by Gasteiger charge is 2.34. The van der Waals surface area contributed by atoms with Crippen molar-refractivity contribution >= 4 is 30.7 Å². The molecule has 3 aliphatic rings. The van der Waals surface area contributed by atoms with Gasteiger partial charge in [0.25, 0.3) is 0 Å². The Hall–Kier alpha value is -0.810. The largest absolute Gasteiger partial charge is 0.338 e. The number of amides is 1. The molecule has 2 saturated heterocycles. The number of hydrogen-bond donors (Lipinski definition) is 1. The molecule has 4 nitrogen and oxygen atoms in total. The van der Waals surface area contributed by atoms with Gasteiger partial charge in [0.05, 0.1) is 6.04 Å². The number of likely N-dealkylation sites (tertiary alicyclic amines) is 1. The van der Waals surface area contributed by atoms with Crippen molar-refractivity contribution in [3.05, 3.63) is 35.4 Å². The minimum atomic E-state index is 0. The van der Waals surface area contributed by atoms with Crippen LogP contribution in [0.25, 0.3) is 0 Å². The normalized spacial score (nSPS) is 22.7. The van der Waals surface area contributed by atoms with E-state index in [0.717, 1.165) is 38.9 Å². The number of aryl methyl sites for hydroxylation is 1. The molecule has 1 amide bonds. The summed E-state index contributed by atoms with van der Waals surface area (Å²) < 4.78 is 0.